The van der Waals surface area contributed by atoms with E-state index in [1.54, 1.807) is 12.4 Å². The zero-order chi connectivity index (χ0) is 18.1. The molecule has 136 valence electrons. The third-order valence-corrected chi connectivity index (χ3v) is 4.82. The Hall–Kier alpha value is -2.81. The zero-order valence-electron chi connectivity index (χ0n) is 14.8. The van der Waals surface area contributed by atoms with E-state index in [1.165, 1.54) is 0 Å². The van der Waals surface area contributed by atoms with Gasteiger partial charge in [-0.15, -0.1) is 0 Å². The zero-order valence-corrected chi connectivity index (χ0v) is 14.8. The van der Waals surface area contributed by atoms with E-state index < -0.39 is 5.54 Å². The number of guanidine groups is 1. The Morgan fingerprint density at radius 3 is 2.81 bits per heavy atom. The highest BCUT2D eigenvalue weighted by Gasteiger charge is 2.46. The van der Waals surface area contributed by atoms with Crippen LogP contribution in [0.3, 0.4) is 0 Å². The van der Waals surface area contributed by atoms with Gasteiger partial charge in [0.2, 0.25) is 17.7 Å². The van der Waals surface area contributed by atoms with Crippen molar-refractivity contribution in [3.63, 3.8) is 0 Å². The molecular weight excluding hydrogens is 334 g/mol. The van der Waals surface area contributed by atoms with Crippen LogP contribution in [0.5, 0.6) is 0 Å². The number of nitrogens with zero attached hydrogens (tertiary/aromatic N) is 6. The number of carbonyl (C=O) groups is 1. The van der Waals surface area contributed by atoms with E-state index in [1.807, 2.05) is 31.1 Å². The summed E-state index contributed by atoms with van der Waals surface area (Å²) in [5, 5.41) is 6.89. The third kappa shape index (κ3) is 3.05. The molecule has 2 aliphatic heterocycles. The molecule has 0 radical (unpaired) electrons. The van der Waals surface area contributed by atoms with Crippen molar-refractivity contribution >= 4 is 11.9 Å². The van der Waals surface area contributed by atoms with Crippen LogP contribution in [-0.2, 0) is 11.3 Å². The highest BCUT2D eigenvalue weighted by atomic mass is 16.5. The maximum Gasteiger partial charge on any atom is 0.254 e. The summed E-state index contributed by atoms with van der Waals surface area (Å²) in [6, 6.07) is 3.73. The Labute approximate surface area is 151 Å². The third-order valence-electron chi connectivity index (χ3n) is 4.82. The molecule has 1 N–H and O–H groups in total. The first-order valence-electron chi connectivity index (χ1n) is 8.60. The molecule has 0 unspecified atom stereocenters. The Balaban J connectivity index is 1.39. The normalized spacial score (nSPS) is 19.5. The average Bonchev–Trinajstić information content (AvgIpc) is 3.24. The van der Waals surface area contributed by atoms with Crippen molar-refractivity contribution in [3.8, 4) is 11.4 Å². The lowest BCUT2D eigenvalue weighted by Crippen LogP contribution is -2.49. The van der Waals surface area contributed by atoms with Gasteiger partial charge in [-0.05, 0) is 25.0 Å². The molecule has 0 atom stereocenters. The van der Waals surface area contributed by atoms with E-state index in [-0.39, 0.29) is 5.91 Å². The summed E-state index contributed by atoms with van der Waals surface area (Å²) in [5.41, 5.74) is 0.194. The molecule has 0 bridgehead atoms. The Bertz CT molecular complexity index is 823. The first-order chi connectivity index (χ1) is 12.6. The van der Waals surface area contributed by atoms with Crippen molar-refractivity contribution in [2.24, 2.45) is 4.99 Å². The molecule has 4 rings (SSSR count). The fraction of sp³-hybridized carbons (Fsp3) is 0.471. The maximum absolute atomic E-state index is 12.4. The van der Waals surface area contributed by atoms with Crippen molar-refractivity contribution in [1.82, 2.24) is 30.2 Å². The Morgan fingerprint density at radius 1 is 1.35 bits per heavy atom. The first kappa shape index (κ1) is 16.6. The van der Waals surface area contributed by atoms with Crippen LogP contribution in [0.15, 0.2) is 34.0 Å². The topological polar surface area (TPSA) is 99.8 Å². The van der Waals surface area contributed by atoms with Crippen LogP contribution in [0.1, 0.15) is 18.7 Å². The Kier molecular flexibility index (Phi) is 4.15. The summed E-state index contributed by atoms with van der Waals surface area (Å²) in [6.07, 6.45) is 4.77. The van der Waals surface area contributed by atoms with Crippen LogP contribution in [-0.4, -0.2) is 69.5 Å². The number of likely N-dealkylation sites (tertiary alicyclic amines) is 1. The number of rotatable bonds is 3. The van der Waals surface area contributed by atoms with Gasteiger partial charge in [0.05, 0.1) is 6.54 Å². The number of piperidine rings is 1. The van der Waals surface area contributed by atoms with Gasteiger partial charge in [-0.3, -0.25) is 20.0 Å². The van der Waals surface area contributed by atoms with E-state index in [2.05, 4.69) is 30.3 Å². The van der Waals surface area contributed by atoms with Gasteiger partial charge in [0.1, 0.15) is 5.54 Å². The second-order valence-corrected chi connectivity index (χ2v) is 6.85. The summed E-state index contributed by atoms with van der Waals surface area (Å²) in [6.45, 7) is 2.07. The van der Waals surface area contributed by atoms with Crippen LogP contribution in [0.2, 0.25) is 0 Å². The summed E-state index contributed by atoms with van der Waals surface area (Å²) >= 11 is 0. The molecule has 9 heteroatoms. The minimum atomic E-state index is -0.633. The number of hydrogen-bond acceptors (Lipinski definition) is 8. The second-order valence-electron chi connectivity index (χ2n) is 6.85. The van der Waals surface area contributed by atoms with Crippen molar-refractivity contribution in [1.29, 1.82) is 0 Å². The fourth-order valence-corrected chi connectivity index (χ4v) is 3.25. The lowest BCUT2D eigenvalue weighted by Gasteiger charge is -2.34. The predicted octanol–water partition coefficient (Wildman–Crippen LogP) is 0.514. The van der Waals surface area contributed by atoms with Gasteiger partial charge >= 0.3 is 0 Å². The summed E-state index contributed by atoms with van der Waals surface area (Å²) < 4.78 is 5.36. The van der Waals surface area contributed by atoms with E-state index >= 15 is 0 Å². The van der Waals surface area contributed by atoms with Crippen molar-refractivity contribution in [2.45, 2.75) is 24.9 Å². The van der Waals surface area contributed by atoms with Crippen molar-refractivity contribution in [2.75, 3.05) is 27.2 Å². The van der Waals surface area contributed by atoms with Crippen LogP contribution >= 0.6 is 0 Å². The van der Waals surface area contributed by atoms with E-state index in [0.29, 0.717) is 37.1 Å². The number of amides is 1. The van der Waals surface area contributed by atoms with Crippen LogP contribution in [0, 0.1) is 0 Å². The largest absolute Gasteiger partial charge is 0.349 e. The molecule has 26 heavy (non-hydrogen) atoms. The minimum Gasteiger partial charge on any atom is -0.349 e. The number of carbonyl (C=O) groups excluding carboxylic acids is 1. The van der Waals surface area contributed by atoms with E-state index in [4.69, 9.17) is 4.52 Å². The molecule has 4 heterocycles. The standard InChI is InChI=1S/C17H21N7O2/c1-23(2)16-20-15(25)17(21-16)5-8-24(9-6-17)11-13-19-14(22-26-13)12-4-3-7-18-10-12/h3-4,7,10H,5-6,8-9,11H2,1-2H3,(H,20,21,25). The van der Waals surface area contributed by atoms with E-state index in [0.717, 1.165) is 18.7 Å². The molecule has 2 aromatic rings. The fourth-order valence-electron chi connectivity index (χ4n) is 3.25. The van der Waals surface area contributed by atoms with Gasteiger partial charge in [-0.1, -0.05) is 5.16 Å². The molecule has 1 amide bonds. The van der Waals surface area contributed by atoms with E-state index in [9.17, 15) is 4.79 Å². The molecule has 0 aromatic carbocycles. The number of hydrogen-bond donors (Lipinski definition) is 1. The number of pyridine rings is 1. The van der Waals surface area contributed by atoms with Gasteiger partial charge in [0, 0.05) is 45.1 Å². The van der Waals surface area contributed by atoms with Crippen LogP contribution < -0.4 is 5.32 Å². The summed E-state index contributed by atoms with van der Waals surface area (Å²) in [4.78, 5) is 29.6. The van der Waals surface area contributed by atoms with Crippen molar-refractivity contribution in [3.05, 3.63) is 30.4 Å². The maximum atomic E-state index is 12.4. The minimum absolute atomic E-state index is 0.00231. The van der Waals surface area contributed by atoms with Gasteiger partial charge in [-0.2, -0.15) is 4.98 Å². The molecule has 2 aromatic heterocycles. The monoisotopic (exact) mass is 355 g/mol. The SMILES string of the molecule is CN(C)C1=NC2(CCN(Cc3nc(-c4cccnc4)no3)CC2)C(=O)N1. The van der Waals surface area contributed by atoms with Gasteiger partial charge in [-0.25, -0.2) is 4.99 Å². The molecular formula is C17H21N7O2. The lowest BCUT2D eigenvalue weighted by atomic mass is 9.88. The summed E-state index contributed by atoms with van der Waals surface area (Å²) in [5.74, 6) is 1.74. The highest BCUT2D eigenvalue weighted by Crippen LogP contribution is 2.30. The number of aliphatic imine (C=N–C) groups is 1. The van der Waals surface area contributed by atoms with Gasteiger partial charge < -0.3 is 9.42 Å². The molecule has 9 nitrogen and oxygen atoms in total. The van der Waals surface area contributed by atoms with Crippen LogP contribution in [0.4, 0.5) is 0 Å². The van der Waals surface area contributed by atoms with Crippen molar-refractivity contribution < 1.29 is 9.32 Å². The highest BCUT2D eigenvalue weighted by molar-refractivity contribution is 6.07. The molecule has 0 saturated carbocycles. The first-order valence-corrected chi connectivity index (χ1v) is 8.60. The average molecular weight is 355 g/mol. The number of nitrogens with one attached hydrogen (secondary N) is 1. The van der Waals surface area contributed by atoms with Gasteiger partial charge in [0.25, 0.3) is 5.91 Å². The molecule has 1 fully saturated rings. The lowest BCUT2D eigenvalue weighted by molar-refractivity contribution is -0.125. The molecule has 0 aliphatic carbocycles. The Morgan fingerprint density at radius 2 is 2.15 bits per heavy atom. The summed E-state index contributed by atoms with van der Waals surface area (Å²) in [7, 11) is 3.76. The molecule has 1 spiro atoms. The molecule has 1 saturated heterocycles. The molecule has 2 aliphatic rings. The quantitative estimate of drug-likeness (QED) is 0.856. The smallest absolute Gasteiger partial charge is 0.254 e. The second kappa shape index (κ2) is 6.49. The van der Waals surface area contributed by atoms with Crippen LogP contribution in [0.25, 0.3) is 11.4 Å². The predicted molar refractivity (Wildman–Crippen MR) is 94.0 cm³/mol. The van der Waals surface area contributed by atoms with Gasteiger partial charge in [0.15, 0.2) is 0 Å². The number of aromatic nitrogens is 3.